The van der Waals surface area contributed by atoms with Crippen LogP contribution in [-0.4, -0.2) is 11.9 Å². The van der Waals surface area contributed by atoms with Crippen LogP contribution < -0.4 is 9.47 Å². The number of carbonyl (C=O) groups is 2. The predicted octanol–water partition coefficient (Wildman–Crippen LogP) is 4.63. The Morgan fingerprint density at radius 1 is 0.760 bits per heavy atom. The molecule has 0 aliphatic heterocycles. The highest BCUT2D eigenvalue weighted by molar-refractivity contribution is 5.89. The number of hydrogen-bond acceptors (Lipinski definition) is 4. The Hall–Kier alpha value is -3.14. The van der Waals surface area contributed by atoms with Gasteiger partial charge >= 0.3 is 11.9 Å². The zero-order chi connectivity index (χ0) is 18.6. The molecule has 2 aromatic rings. The fourth-order valence-electron chi connectivity index (χ4n) is 2.08. The lowest BCUT2D eigenvalue weighted by Gasteiger charge is -2.10. The normalized spacial score (nSPS) is 10.0. The van der Waals surface area contributed by atoms with Crippen molar-refractivity contribution in [3.05, 3.63) is 72.3 Å². The van der Waals surface area contributed by atoms with E-state index in [-0.39, 0.29) is 0 Å². The number of hydrogen-bond donors (Lipinski definition) is 0. The first kappa shape index (κ1) is 18.2. The summed E-state index contributed by atoms with van der Waals surface area (Å²) in [6.07, 6.45) is 0. The number of benzene rings is 2. The van der Waals surface area contributed by atoms with E-state index in [1.165, 1.54) is 0 Å². The second kappa shape index (κ2) is 7.62. The molecule has 0 saturated heterocycles. The van der Waals surface area contributed by atoms with Gasteiger partial charge in [-0.1, -0.05) is 31.4 Å². The summed E-state index contributed by atoms with van der Waals surface area (Å²) in [5.41, 5.74) is 3.44. The van der Waals surface area contributed by atoms with Gasteiger partial charge in [-0.25, -0.2) is 9.59 Å². The maximum atomic E-state index is 11.7. The number of rotatable bonds is 5. The van der Waals surface area contributed by atoms with Crippen LogP contribution in [0.4, 0.5) is 0 Å². The zero-order valence-corrected chi connectivity index (χ0v) is 14.6. The summed E-state index contributed by atoms with van der Waals surface area (Å²) in [4.78, 5) is 23.2. The fourth-order valence-corrected chi connectivity index (χ4v) is 2.08. The third-order valence-corrected chi connectivity index (χ3v) is 3.36. The molecule has 128 valence electrons. The fraction of sp³-hybridized carbons (Fsp3) is 0.143. The Morgan fingerprint density at radius 2 is 1.28 bits per heavy atom. The number of esters is 2. The van der Waals surface area contributed by atoms with Gasteiger partial charge in [-0.05, 0) is 61.7 Å². The molecule has 25 heavy (non-hydrogen) atoms. The second-order valence-electron chi connectivity index (χ2n) is 5.90. The first-order valence-electron chi connectivity index (χ1n) is 7.74. The van der Waals surface area contributed by atoms with E-state index >= 15 is 0 Å². The van der Waals surface area contributed by atoms with Crippen molar-refractivity contribution in [2.75, 3.05) is 0 Å². The van der Waals surface area contributed by atoms with Gasteiger partial charge in [-0.2, -0.15) is 0 Å². The average Bonchev–Trinajstić information content (AvgIpc) is 2.54. The standard InChI is InChI=1S/C21H20O4/c1-13(2)20(22)24-18-8-6-16(7-9-18)17-10-15(5)11-19(12-17)25-21(23)14(3)4/h6-12H,1,3H2,2,4-5H3. The smallest absolute Gasteiger partial charge is 0.338 e. The molecule has 0 radical (unpaired) electrons. The van der Waals surface area contributed by atoms with E-state index in [2.05, 4.69) is 13.2 Å². The molecule has 0 fully saturated rings. The highest BCUT2D eigenvalue weighted by Crippen LogP contribution is 2.28. The lowest BCUT2D eigenvalue weighted by Crippen LogP contribution is -2.08. The highest BCUT2D eigenvalue weighted by atomic mass is 16.5. The molecule has 0 aliphatic carbocycles. The zero-order valence-electron chi connectivity index (χ0n) is 14.6. The summed E-state index contributed by atoms with van der Waals surface area (Å²) in [5.74, 6) is -0.0185. The van der Waals surface area contributed by atoms with Crippen LogP contribution in [0.2, 0.25) is 0 Å². The van der Waals surface area contributed by atoms with Gasteiger partial charge in [-0.15, -0.1) is 0 Å². The van der Waals surface area contributed by atoms with Gasteiger partial charge in [-0.3, -0.25) is 0 Å². The third-order valence-electron chi connectivity index (χ3n) is 3.36. The Labute approximate surface area is 147 Å². The lowest BCUT2D eigenvalue weighted by molar-refractivity contribution is -0.130. The van der Waals surface area contributed by atoms with Gasteiger partial charge in [0.2, 0.25) is 0 Å². The molecular formula is C21H20O4. The topological polar surface area (TPSA) is 52.6 Å². The van der Waals surface area contributed by atoms with Crippen molar-refractivity contribution < 1.29 is 19.1 Å². The Morgan fingerprint density at radius 3 is 1.80 bits per heavy atom. The van der Waals surface area contributed by atoms with E-state index in [0.717, 1.165) is 16.7 Å². The van der Waals surface area contributed by atoms with Crippen molar-refractivity contribution in [3.8, 4) is 22.6 Å². The molecule has 0 saturated carbocycles. The van der Waals surface area contributed by atoms with Crippen LogP contribution in [0.15, 0.2) is 66.8 Å². The minimum atomic E-state index is -0.461. The van der Waals surface area contributed by atoms with E-state index < -0.39 is 11.9 Å². The quantitative estimate of drug-likeness (QED) is 0.454. The first-order valence-corrected chi connectivity index (χ1v) is 7.74. The average molecular weight is 336 g/mol. The Balaban J connectivity index is 2.24. The largest absolute Gasteiger partial charge is 0.423 e. The summed E-state index contributed by atoms with van der Waals surface area (Å²) >= 11 is 0. The molecule has 0 aliphatic rings. The summed E-state index contributed by atoms with van der Waals surface area (Å²) in [6, 6.07) is 12.6. The molecule has 0 N–H and O–H groups in total. The van der Waals surface area contributed by atoms with Crippen LogP contribution in [0, 0.1) is 6.92 Å². The number of ether oxygens (including phenoxy) is 2. The Bertz CT molecular complexity index is 845. The van der Waals surface area contributed by atoms with Gasteiger partial charge in [0.1, 0.15) is 11.5 Å². The van der Waals surface area contributed by atoms with E-state index in [9.17, 15) is 9.59 Å². The van der Waals surface area contributed by atoms with Crippen molar-refractivity contribution in [3.63, 3.8) is 0 Å². The van der Waals surface area contributed by atoms with Crippen molar-refractivity contribution >= 4 is 11.9 Å². The van der Waals surface area contributed by atoms with Gasteiger partial charge in [0.25, 0.3) is 0 Å². The number of aryl methyl sites for hydroxylation is 1. The van der Waals surface area contributed by atoms with Crippen LogP contribution in [0.3, 0.4) is 0 Å². The van der Waals surface area contributed by atoms with E-state index in [4.69, 9.17) is 9.47 Å². The maximum Gasteiger partial charge on any atom is 0.338 e. The summed E-state index contributed by atoms with van der Waals surface area (Å²) in [7, 11) is 0. The van der Waals surface area contributed by atoms with Crippen LogP contribution in [0.5, 0.6) is 11.5 Å². The molecule has 0 heterocycles. The molecule has 0 aromatic heterocycles. The van der Waals surface area contributed by atoms with Crippen LogP contribution >= 0.6 is 0 Å². The lowest BCUT2D eigenvalue weighted by atomic mass is 10.0. The molecule has 0 unspecified atom stereocenters. The van der Waals surface area contributed by atoms with Crippen molar-refractivity contribution in [2.45, 2.75) is 20.8 Å². The predicted molar refractivity (Wildman–Crippen MR) is 97.5 cm³/mol. The minimum absolute atomic E-state index is 0.340. The summed E-state index contributed by atoms with van der Waals surface area (Å²) < 4.78 is 10.5. The van der Waals surface area contributed by atoms with Gasteiger partial charge < -0.3 is 9.47 Å². The van der Waals surface area contributed by atoms with Crippen LogP contribution in [0.1, 0.15) is 19.4 Å². The van der Waals surface area contributed by atoms with E-state index in [1.54, 1.807) is 38.1 Å². The van der Waals surface area contributed by atoms with Crippen molar-refractivity contribution in [1.82, 2.24) is 0 Å². The van der Waals surface area contributed by atoms with Gasteiger partial charge in [0.15, 0.2) is 0 Å². The molecule has 0 amide bonds. The van der Waals surface area contributed by atoms with Gasteiger partial charge in [0, 0.05) is 11.1 Å². The molecule has 4 nitrogen and oxygen atoms in total. The molecular weight excluding hydrogens is 316 g/mol. The maximum absolute atomic E-state index is 11.7. The van der Waals surface area contributed by atoms with Gasteiger partial charge in [0.05, 0.1) is 0 Å². The van der Waals surface area contributed by atoms with Crippen LogP contribution in [0.25, 0.3) is 11.1 Å². The first-order chi connectivity index (χ1) is 11.8. The molecule has 4 heteroatoms. The third kappa shape index (κ3) is 4.91. The molecule has 0 atom stereocenters. The number of carbonyl (C=O) groups excluding carboxylic acids is 2. The monoisotopic (exact) mass is 336 g/mol. The minimum Gasteiger partial charge on any atom is -0.423 e. The Kier molecular flexibility index (Phi) is 5.55. The summed E-state index contributed by atoms with van der Waals surface area (Å²) in [5, 5.41) is 0. The SMILES string of the molecule is C=C(C)C(=O)Oc1ccc(-c2cc(C)cc(OC(=O)C(=C)C)c2)cc1. The van der Waals surface area contributed by atoms with Crippen molar-refractivity contribution in [2.24, 2.45) is 0 Å². The van der Waals surface area contributed by atoms with E-state index in [1.807, 2.05) is 25.1 Å². The van der Waals surface area contributed by atoms with E-state index in [0.29, 0.717) is 22.6 Å². The molecule has 0 spiro atoms. The van der Waals surface area contributed by atoms with Crippen molar-refractivity contribution in [1.29, 1.82) is 0 Å². The highest BCUT2D eigenvalue weighted by Gasteiger charge is 2.09. The molecule has 0 bridgehead atoms. The van der Waals surface area contributed by atoms with Crippen LogP contribution in [-0.2, 0) is 9.59 Å². The molecule has 2 rings (SSSR count). The second-order valence-corrected chi connectivity index (χ2v) is 5.90. The summed E-state index contributed by atoms with van der Waals surface area (Å²) in [6.45, 7) is 12.2. The molecule has 2 aromatic carbocycles.